The maximum absolute atomic E-state index is 14.9. The number of benzene rings is 3. The van der Waals surface area contributed by atoms with Crippen LogP contribution in [0.1, 0.15) is 47.8 Å². The molecule has 1 aliphatic rings. The normalized spacial score (nSPS) is 16.9. The van der Waals surface area contributed by atoms with Crippen LogP contribution in [0.25, 0.3) is 0 Å². The molecule has 0 radical (unpaired) electrons. The average Bonchev–Trinajstić information content (AvgIpc) is 3.21. The Bertz CT molecular complexity index is 1470. The molecule has 1 unspecified atom stereocenters. The van der Waals surface area contributed by atoms with Crippen LogP contribution in [0.3, 0.4) is 0 Å². The van der Waals surface area contributed by atoms with Gasteiger partial charge in [0.25, 0.3) is 5.91 Å². The molecular weight excluding hydrogens is 510 g/mol. The first kappa shape index (κ1) is 28.5. The summed E-state index contributed by atoms with van der Waals surface area (Å²) >= 11 is 0. The first-order chi connectivity index (χ1) is 19.0. The molecule has 1 aliphatic heterocycles. The van der Waals surface area contributed by atoms with E-state index in [2.05, 4.69) is 0 Å². The number of amides is 1. The first-order valence-electron chi connectivity index (χ1n) is 12.8. The Morgan fingerprint density at radius 1 is 0.850 bits per heavy atom. The van der Waals surface area contributed by atoms with Crippen molar-refractivity contribution in [2.75, 3.05) is 28.4 Å². The number of ketones is 1. The van der Waals surface area contributed by atoms with Gasteiger partial charge in [-0.05, 0) is 58.5 Å². The second-order valence-corrected chi connectivity index (χ2v) is 10.6. The van der Waals surface area contributed by atoms with Gasteiger partial charge in [0.1, 0.15) is 11.5 Å². The van der Waals surface area contributed by atoms with Crippen LogP contribution in [0, 0.1) is 0 Å². The van der Waals surface area contributed by atoms with Gasteiger partial charge < -0.3 is 29.0 Å². The minimum absolute atomic E-state index is 0.0119. The number of hydrogen-bond acceptors (Lipinski definition) is 7. The first-order valence-corrected chi connectivity index (χ1v) is 12.8. The van der Waals surface area contributed by atoms with Crippen molar-refractivity contribution in [1.29, 1.82) is 0 Å². The molecule has 0 saturated heterocycles. The predicted molar refractivity (Wildman–Crippen MR) is 152 cm³/mol. The number of methoxy groups -OCH3 is 4. The van der Waals surface area contributed by atoms with Crippen LogP contribution in [-0.4, -0.2) is 50.1 Å². The zero-order valence-corrected chi connectivity index (χ0v) is 23.9. The summed E-state index contributed by atoms with van der Waals surface area (Å²) in [4.78, 5) is 29.8. The van der Waals surface area contributed by atoms with E-state index in [0.717, 1.165) is 5.56 Å². The molecule has 0 spiro atoms. The van der Waals surface area contributed by atoms with Gasteiger partial charge in [-0.15, -0.1) is 0 Å². The Labute approximate surface area is 234 Å². The van der Waals surface area contributed by atoms with E-state index in [-0.39, 0.29) is 17.5 Å². The van der Waals surface area contributed by atoms with Gasteiger partial charge in [0.15, 0.2) is 22.8 Å². The number of carbonyl (C=O) groups excluding carboxylic acids is 2. The summed E-state index contributed by atoms with van der Waals surface area (Å²) in [5.74, 6) is 0.126. The molecule has 1 amide bonds. The predicted octanol–water partition coefficient (Wildman–Crippen LogP) is 5.58. The summed E-state index contributed by atoms with van der Waals surface area (Å²) in [6, 6.07) is 17.7. The van der Waals surface area contributed by atoms with Crippen molar-refractivity contribution in [3.05, 3.63) is 94.8 Å². The van der Waals surface area contributed by atoms with E-state index in [1.54, 1.807) is 55.6 Å². The SMILES string of the molecule is COc1cccc(CN2C(=O)C(O)=CC2(C(=O)c2cc(C(C)(C)C)ccc2OC)c2ccc(OC)c(OC)c2)c1. The lowest BCUT2D eigenvalue weighted by Crippen LogP contribution is -2.49. The monoisotopic (exact) mass is 545 g/mol. The van der Waals surface area contributed by atoms with Gasteiger partial charge in [0.05, 0.1) is 34.0 Å². The van der Waals surface area contributed by atoms with Gasteiger partial charge in [-0.3, -0.25) is 9.59 Å². The molecule has 1 N–H and O–H groups in total. The number of aliphatic hydroxyl groups is 1. The van der Waals surface area contributed by atoms with Crippen molar-refractivity contribution in [3.63, 3.8) is 0 Å². The van der Waals surface area contributed by atoms with Gasteiger partial charge in [-0.25, -0.2) is 0 Å². The molecule has 3 aromatic carbocycles. The number of rotatable bonds is 9. The van der Waals surface area contributed by atoms with Crippen LogP contribution >= 0.6 is 0 Å². The molecule has 0 aromatic heterocycles. The number of nitrogens with zero attached hydrogens (tertiary/aromatic N) is 1. The number of carbonyl (C=O) groups is 2. The minimum atomic E-state index is -1.73. The molecule has 1 heterocycles. The Morgan fingerprint density at radius 3 is 2.15 bits per heavy atom. The van der Waals surface area contributed by atoms with E-state index in [1.807, 2.05) is 32.9 Å². The maximum atomic E-state index is 14.9. The van der Waals surface area contributed by atoms with Crippen molar-refractivity contribution in [1.82, 2.24) is 4.90 Å². The molecule has 8 nitrogen and oxygen atoms in total. The molecule has 8 heteroatoms. The van der Waals surface area contributed by atoms with Gasteiger partial charge in [-0.2, -0.15) is 0 Å². The van der Waals surface area contributed by atoms with Crippen molar-refractivity contribution in [2.24, 2.45) is 0 Å². The Morgan fingerprint density at radius 2 is 1.52 bits per heavy atom. The standard InChI is InChI=1S/C32H35NO7/c1-31(2,3)21-11-13-26(38-5)24(16-21)29(35)32(22-12-14-27(39-6)28(17-22)40-7)18-25(34)30(36)33(32)19-20-9-8-10-23(15-20)37-4/h8-18,34H,19H2,1-7H3. The number of Topliss-reactive ketones (excluding diaryl/α,β-unsaturated/α-hetero) is 1. The fourth-order valence-electron chi connectivity index (χ4n) is 4.97. The van der Waals surface area contributed by atoms with Crippen LogP contribution in [-0.2, 0) is 22.3 Å². The lowest BCUT2D eigenvalue weighted by molar-refractivity contribution is -0.131. The Balaban J connectivity index is 2.01. The van der Waals surface area contributed by atoms with E-state index in [9.17, 15) is 14.7 Å². The van der Waals surface area contributed by atoms with Crippen molar-refractivity contribution in [2.45, 2.75) is 38.3 Å². The quantitative estimate of drug-likeness (QED) is 0.351. The van der Waals surface area contributed by atoms with E-state index in [1.165, 1.54) is 32.3 Å². The summed E-state index contributed by atoms with van der Waals surface area (Å²) in [7, 11) is 6.06. The Kier molecular flexibility index (Phi) is 7.82. The third-order valence-corrected chi connectivity index (χ3v) is 7.19. The highest BCUT2D eigenvalue weighted by molar-refractivity contribution is 6.13. The second kappa shape index (κ2) is 11.0. The van der Waals surface area contributed by atoms with E-state index >= 15 is 0 Å². The summed E-state index contributed by atoms with van der Waals surface area (Å²) in [5, 5.41) is 10.9. The number of ether oxygens (including phenoxy) is 4. The van der Waals surface area contributed by atoms with E-state index < -0.39 is 23.0 Å². The summed E-state index contributed by atoms with van der Waals surface area (Å²) in [6.07, 6.45) is 1.31. The smallest absolute Gasteiger partial charge is 0.290 e. The zero-order valence-electron chi connectivity index (χ0n) is 23.9. The van der Waals surface area contributed by atoms with E-state index in [4.69, 9.17) is 18.9 Å². The fraction of sp³-hybridized carbons (Fsp3) is 0.312. The molecule has 210 valence electrons. The van der Waals surface area contributed by atoms with Crippen LogP contribution in [0.5, 0.6) is 23.0 Å². The molecule has 1 atom stereocenters. The second-order valence-electron chi connectivity index (χ2n) is 10.6. The highest BCUT2D eigenvalue weighted by atomic mass is 16.5. The highest BCUT2D eigenvalue weighted by Crippen LogP contribution is 2.45. The van der Waals surface area contributed by atoms with Crippen molar-refractivity contribution in [3.8, 4) is 23.0 Å². The Hall–Kier alpha value is -4.46. The number of aliphatic hydroxyl groups excluding tert-OH is 1. The molecule has 0 saturated carbocycles. The largest absolute Gasteiger partial charge is 0.503 e. The maximum Gasteiger partial charge on any atom is 0.290 e. The molecule has 0 bridgehead atoms. The molecule has 3 aromatic rings. The summed E-state index contributed by atoms with van der Waals surface area (Å²) in [5.41, 5.74) is 0.326. The van der Waals surface area contributed by atoms with Crippen molar-refractivity contribution >= 4 is 11.7 Å². The molecule has 0 aliphatic carbocycles. The van der Waals surface area contributed by atoms with Crippen LogP contribution in [0.2, 0.25) is 0 Å². The summed E-state index contributed by atoms with van der Waals surface area (Å²) in [6.45, 7) is 6.16. The zero-order chi connectivity index (χ0) is 29.2. The van der Waals surface area contributed by atoms with Gasteiger partial charge in [0.2, 0.25) is 5.78 Å². The topological polar surface area (TPSA) is 94.5 Å². The number of hydrogen-bond donors (Lipinski definition) is 1. The van der Waals surface area contributed by atoms with Crippen LogP contribution in [0.15, 0.2) is 72.5 Å². The van der Waals surface area contributed by atoms with Gasteiger partial charge >= 0.3 is 0 Å². The molecule has 40 heavy (non-hydrogen) atoms. The average molecular weight is 546 g/mol. The minimum Gasteiger partial charge on any atom is -0.503 e. The van der Waals surface area contributed by atoms with Gasteiger partial charge in [-0.1, -0.05) is 45.0 Å². The molecular formula is C32H35NO7. The van der Waals surface area contributed by atoms with Crippen LogP contribution < -0.4 is 18.9 Å². The van der Waals surface area contributed by atoms with Crippen molar-refractivity contribution < 1.29 is 33.6 Å². The lowest BCUT2D eigenvalue weighted by Gasteiger charge is -2.37. The third kappa shape index (κ3) is 4.97. The lowest BCUT2D eigenvalue weighted by atomic mass is 9.79. The third-order valence-electron chi connectivity index (χ3n) is 7.19. The highest BCUT2D eigenvalue weighted by Gasteiger charge is 2.53. The van der Waals surface area contributed by atoms with Gasteiger partial charge in [0, 0.05) is 12.6 Å². The fourth-order valence-corrected chi connectivity index (χ4v) is 4.97. The molecule has 0 fully saturated rings. The molecule has 4 rings (SSSR count). The summed E-state index contributed by atoms with van der Waals surface area (Å²) < 4.78 is 22.0. The van der Waals surface area contributed by atoms with E-state index in [0.29, 0.717) is 34.1 Å². The van der Waals surface area contributed by atoms with Crippen LogP contribution in [0.4, 0.5) is 0 Å².